The van der Waals surface area contributed by atoms with E-state index in [0.29, 0.717) is 28.7 Å². The third kappa shape index (κ3) is 5.97. The summed E-state index contributed by atoms with van der Waals surface area (Å²) in [6.07, 6.45) is 6.35. The van der Waals surface area contributed by atoms with Gasteiger partial charge in [0.2, 0.25) is 0 Å². The van der Waals surface area contributed by atoms with Crippen molar-refractivity contribution in [3.63, 3.8) is 0 Å². The number of carbonyl (C=O) groups excluding carboxylic acids is 1. The summed E-state index contributed by atoms with van der Waals surface area (Å²) in [5, 5.41) is 2.88. The fourth-order valence-corrected chi connectivity index (χ4v) is 3.64. The third-order valence-corrected chi connectivity index (χ3v) is 5.29. The van der Waals surface area contributed by atoms with E-state index in [-0.39, 0.29) is 5.91 Å². The van der Waals surface area contributed by atoms with Crippen molar-refractivity contribution in [3.8, 4) is 5.75 Å². The van der Waals surface area contributed by atoms with Crippen molar-refractivity contribution in [1.82, 2.24) is 0 Å². The first-order chi connectivity index (χ1) is 13.3. The quantitative estimate of drug-likeness (QED) is 0.387. The van der Waals surface area contributed by atoms with Gasteiger partial charge in [0.15, 0.2) is 0 Å². The molecule has 27 heavy (non-hydrogen) atoms. The number of rotatable bonds is 8. The van der Waals surface area contributed by atoms with Crippen LogP contribution in [0.4, 0.5) is 5.69 Å². The molecule has 0 aliphatic heterocycles. The lowest BCUT2D eigenvalue weighted by Crippen LogP contribution is -2.16. The van der Waals surface area contributed by atoms with Crippen molar-refractivity contribution < 1.29 is 18.9 Å². The Morgan fingerprint density at radius 1 is 1.11 bits per heavy atom. The summed E-state index contributed by atoms with van der Waals surface area (Å²) < 4.78 is 10.6. The van der Waals surface area contributed by atoms with Gasteiger partial charge in [-0.05, 0) is 49.1 Å². The van der Waals surface area contributed by atoms with Gasteiger partial charge in [-0.2, -0.15) is 5.90 Å². The van der Waals surface area contributed by atoms with Gasteiger partial charge in [0.1, 0.15) is 5.75 Å². The molecule has 2 aromatic rings. The third-order valence-electron chi connectivity index (χ3n) is 4.61. The normalized spacial score (nSPS) is 14.7. The first-order valence-electron chi connectivity index (χ1n) is 9.09. The van der Waals surface area contributed by atoms with Crippen LogP contribution >= 0.6 is 12.0 Å². The molecule has 0 radical (unpaired) electrons. The molecule has 0 spiro atoms. The molecular formula is C20H24N2O4S. The minimum atomic E-state index is -0.222. The van der Waals surface area contributed by atoms with E-state index in [2.05, 4.69) is 14.6 Å². The molecule has 0 bridgehead atoms. The van der Waals surface area contributed by atoms with Gasteiger partial charge in [0.25, 0.3) is 5.91 Å². The Morgan fingerprint density at radius 2 is 1.93 bits per heavy atom. The molecule has 0 atom stereocenters. The van der Waals surface area contributed by atoms with Gasteiger partial charge in [-0.1, -0.05) is 37.5 Å². The SMILES string of the molecule is NOOSc1ccccc1NC(=O)c1cccc(OCC2CCCCC2)c1. The Bertz CT molecular complexity index is 750. The van der Waals surface area contributed by atoms with Crippen molar-refractivity contribution in [2.24, 2.45) is 11.8 Å². The Balaban J connectivity index is 1.61. The number of amides is 1. The number of nitrogens with two attached hydrogens (primary N) is 1. The van der Waals surface area contributed by atoms with Gasteiger partial charge in [-0.15, -0.1) is 9.32 Å². The summed E-state index contributed by atoms with van der Waals surface area (Å²) in [4.78, 5) is 17.4. The van der Waals surface area contributed by atoms with Crippen molar-refractivity contribution in [2.45, 2.75) is 37.0 Å². The molecule has 6 nitrogen and oxygen atoms in total. The molecule has 0 aromatic heterocycles. The average molecular weight is 388 g/mol. The molecule has 3 N–H and O–H groups in total. The zero-order valence-electron chi connectivity index (χ0n) is 15.1. The first kappa shape index (κ1) is 19.7. The fourth-order valence-electron chi connectivity index (χ4n) is 3.19. The summed E-state index contributed by atoms with van der Waals surface area (Å²) in [5.41, 5.74) is 1.14. The molecule has 7 heteroatoms. The Morgan fingerprint density at radius 3 is 2.74 bits per heavy atom. The lowest BCUT2D eigenvalue weighted by Gasteiger charge is -2.21. The minimum Gasteiger partial charge on any atom is -0.493 e. The van der Waals surface area contributed by atoms with Crippen LogP contribution in [0.15, 0.2) is 53.4 Å². The van der Waals surface area contributed by atoms with Gasteiger partial charge in [-0.25, -0.2) is 0 Å². The molecule has 144 valence electrons. The highest BCUT2D eigenvalue weighted by atomic mass is 32.2. The number of hydrogen-bond acceptors (Lipinski definition) is 6. The molecule has 1 aliphatic rings. The standard InChI is InChI=1S/C20H24N2O4S/c21-25-26-27-19-12-5-4-11-18(19)22-20(23)16-9-6-10-17(13-16)24-14-15-7-2-1-3-8-15/h4-6,9-13,15H,1-3,7-8,14,21H2,(H,22,23). The zero-order valence-corrected chi connectivity index (χ0v) is 15.9. The molecule has 1 amide bonds. The van der Waals surface area contributed by atoms with E-state index >= 15 is 0 Å². The number of anilines is 1. The highest BCUT2D eigenvalue weighted by molar-refractivity contribution is 7.94. The average Bonchev–Trinajstić information content (AvgIpc) is 2.72. The van der Waals surface area contributed by atoms with E-state index in [1.165, 1.54) is 32.1 Å². The van der Waals surface area contributed by atoms with Gasteiger partial charge < -0.3 is 10.1 Å². The van der Waals surface area contributed by atoms with Gasteiger partial charge in [-0.3, -0.25) is 4.79 Å². The summed E-state index contributed by atoms with van der Waals surface area (Å²) in [7, 11) is 0. The topological polar surface area (TPSA) is 82.8 Å². The van der Waals surface area contributed by atoms with E-state index < -0.39 is 0 Å². The summed E-state index contributed by atoms with van der Waals surface area (Å²) >= 11 is 0.925. The van der Waals surface area contributed by atoms with Gasteiger partial charge in [0.05, 0.1) is 29.2 Å². The molecule has 0 heterocycles. The Labute approximate surface area is 163 Å². The van der Waals surface area contributed by atoms with Crippen LogP contribution in [0.25, 0.3) is 0 Å². The van der Waals surface area contributed by atoms with Crippen LogP contribution in [0.2, 0.25) is 0 Å². The number of carbonyl (C=O) groups is 1. The van der Waals surface area contributed by atoms with E-state index in [9.17, 15) is 4.79 Å². The second kappa shape index (κ2) is 10.3. The highest BCUT2D eigenvalue weighted by Gasteiger charge is 2.15. The van der Waals surface area contributed by atoms with Crippen molar-refractivity contribution >= 4 is 23.6 Å². The predicted octanol–water partition coefficient (Wildman–Crippen LogP) is 4.73. The largest absolute Gasteiger partial charge is 0.493 e. The highest BCUT2D eigenvalue weighted by Crippen LogP contribution is 2.28. The van der Waals surface area contributed by atoms with Crippen LogP contribution in [-0.4, -0.2) is 12.5 Å². The summed E-state index contributed by atoms with van der Waals surface area (Å²) in [5.74, 6) is 5.98. The van der Waals surface area contributed by atoms with Crippen LogP contribution in [0.5, 0.6) is 5.75 Å². The van der Waals surface area contributed by atoms with E-state index in [1.807, 2.05) is 24.3 Å². The van der Waals surface area contributed by atoms with Crippen molar-refractivity contribution in [2.75, 3.05) is 11.9 Å². The van der Waals surface area contributed by atoms with Crippen LogP contribution in [0, 0.1) is 5.92 Å². The maximum absolute atomic E-state index is 12.6. The summed E-state index contributed by atoms with van der Waals surface area (Å²) in [6, 6.07) is 14.5. The number of benzene rings is 2. The van der Waals surface area contributed by atoms with Crippen molar-refractivity contribution in [1.29, 1.82) is 0 Å². The van der Waals surface area contributed by atoms with Crippen LogP contribution in [-0.2, 0) is 9.32 Å². The molecule has 0 saturated heterocycles. The molecule has 0 unspecified atom stereocenters. The van der Waals surface area contributed by atoms with Crippen LogP contribution in [0.3, 0.4) is 0 Å². The number of ether oxygens (including phenoxy) is 1. The molecular weight excluding hydrogens is 364 g/mol. The van der Waals surface area contributed by atoms with E-state index in [1.54, 1.807) is 24.3 Å². The molecule has 2 aromatic carbocycles. The lowest BCUT2D eigenvalue weighted by molar-refractivity contribution is -0.195. The Kier molecular flexibility index (Phi) is 7.53. The molecule has 1 saturated carbocycles. The van der Waals surface area contributed by atoms with Crippen molar-refractivity contribution in [3.05, 3.63) is 54.1 Å². The van der Waals surface area contributed by atoms with Crippen LogP contribution < -0.4 is 16.0 Å². The fraction of sp³-hybridized carbons (Fsp3) is 0.350. The second-order valence-corrected chi connectivity index (χ2v) is 7.28. The lowest BCUT2D eigenvalue weighted by atomic mass is 9.90. The maximum Gasteiger partial charge on any atom is 0.255 e. The maximum atomic E-state index is 12.6. The number of hydrogen-bond donors (Lipinski definition) is 2. The smallest absolute Gasteiger partial charge is 0.255 e. The zero-order chi connectivity index (χ0) is 18.9. The van der Waals surface area contributed by atoms with E-state index in [4.69, 9.17) is 10.6 Å². The second-order valence-electron chi connectivity index (χ2n) is 6.54. The summed E-state index contributed by atoms with van der Waals surface area (Å²) in [6.45, 7) is 0.709. The molecule has 1 fully saturated rings. The molecule has 3 rings (SSSR count). The van der Waals surface area contributed by atoms with Crippen LogP contribution in [0.1, 0.15) is 42.5 Å². The monoisotopic (exact) mass is 388 g/mol. The first-order valence-corrected chi connectivity index (χ1v) is 9.84. The number of para-hydroxylation sites is 1. The van der Waals surface area contributed by atoms with Gasteiger partial charge in [0, 0.05) is 5.56 Å². The van der Waals surface area contributed by atoms with Gasteiger partial charge >= 0.3 is 0 Å². The van der Waals surface area contributed by atoms with E-state index in [0.717, 1.165) is 17.8 Å². The number of nitrogens with one attached hydrogen (secondary N) is 1. The Hall–Kier alpha value is -2.06. The minimum absolute atomic E-state index is 0.222. The molecule has 1 aliphatic carbocycles. The predicted molar refractivity (Wildman–Crippen MR) is 105 cm³/mol.